The van der Waals surface area contributed by atoms with Crippen LogP contribution in [0.3, 0.4) is 0 Å². The van der Waals surface area contributed by atoms with E-state index < -0.39 is 22.6 Å². The zero-order valence-electron chi connectivity index (χ0n) is 10.3. The molecule has 0 aliphatic carbocycles. The Morgan fingerprint density at radius 3 is 2.58 bits per heavy atom. The third-order valence-electron chi connectivity index (χ3n) is 2.18. The van der Waals surface area contributed by atoms with Crippen LogP contribution < -0.4 is 10.0 Å². The van der Waals surface area contributed by atoms with E-state index in [9.17, 15) is 21.6 Å². The third kappa shape index (κ3) is 5.62. The van der Waals surface area contributed by atoms with E-state index in [0.717, 1.165) is 0 Å². The predicted octanol–water partition coefficient (Wildman–Crippen LogP) is 1.62. The van der Waals surface area contributed by atoms with Crippen molar-refractivity contribution in [1.29, 1.82) is 0 Å². The van der Waals surface area contributed by atoms with Crippen molar-refractivity contribution in [2.45, 2.75) is 30.7 Å². The van der Waals surface area contributed by atoms with Crippen molar-refractivity contribution in [3.05, 3.63) is 17.9 Å². The lowest BCUT2D eigenvalue weighted by molar-refractivity contribution is -0.135. The molecule has 110 valence electrons. The summed E-state index contributed by atoms with van der Waals surface area (Å²) >= 11 is 0. The number of furan rings is 1. The Hall–Kier alpha value is -1.06. The number of alkyl halides is 3. The van der Waals surface area contributed by atoms with Gasteiger partial charge in [-0.1, -0.05) is 0 Å². The van der Waals surface area contributed by atoms with Crippen molar-refractivity contribution in [3.63, 3.8) is 0 Å². The molecule has 0 fully saturated rings. The quantitative estimate of drug-likeness (QED) is 0.751. The topological polar surface area (TPSA) is 71.3 Å². The highest BCUT2D eigenvalue weighted by atomic mass is 32.2. The number of hydrogen-bond acceptors (Lipinski definition) is 4. The fourth-order valence-corrected chi connectivity index (χ4v) is 2.36. The largest absolute Gasteiger partial charge is 0.447 e. The molecule has 0 radical (unpaired) electrons. The molecule has 0 bridgehead atoms. The molecule has 5 nitrogen and oxygen atoms in total. The zero-order chi connectivity index (χ0) is 14.5. The Morgan fingerprint density at radius 2 is 2.00 bits per heavy atom. The molecule has 0 saturated heterocycles. The van der Waals surface area contributed by atoms with Gasteiger partial charge in [0.05, 0.1) is 6.54 Å². The summed E-state index contributed by atoms with van der Waals surface area (Å²) in [6.07, 6.45) is -5.62. The fraction of sp³-hybridized carbons (Fsp3) is 0.600. The van der Waals surface area contributed by atoms with E-state index in [0.29, 0.717) is 12.3 Å². The molecule has 0 unspecified atom stereocenters. The minimum absolute atomic E-state index is 0.288. The van der Waals surface area contributed by atoms with Crippen molar-refractivity contribution < 1.29 is 26.0 Å². The summed E-state index contributed by atoms with van der Waals surface area (Å²) in [4.78, 5) is 0. The first kappa shape index (κ1) is 16.0. The maximum atomic E-state index is 11.9. The van der Waals surface area contributed by atoms with Gasteiger partial charge in [-0.2, -0.15) is 13.2 Å². The smallest absolute Gasteiger partial charge is 0.389 e. The Labute approximate surface area is 109 Å². The van der Waals surface area contributed by atoms with Crippen LogP contribution in [0.5, 0.6) is 0 Å². The highest BCUT2D eigenvalue weighted by Gasteiger charge is 2.26. The van der Waals surface area contributed by atoms with Gasteiger partial charge in [0.1, 0.15) is 5.76 Å². The second-order valence-corrected chi connectivity index (χ2v) is 5.57. The number of nitrogens with one attached hydrogen (secondary N) is 2. The van der Waals surface area contributed by atoms with E-state index in [2.05, 4.69) is 10.0 Å². The molecule has 0 saturated carbocycles. The molecule has 1 rings (SSSR count). The second kappa shape index (κ2) is 6.40. The predicted molar refractivity (Wildman–Crippen MR) is 61.9 cm³/mol. The van der Waals surface area contributed by atoms with Crippen molar-refractivity contribution in [2.75, 3.05) is 13.6 Å². The van der Waals surface area contributed by atoms with Crippen LogP contribution in [0, 0.1) is 0 Å². The van der Waals surface area contributed by atoms with Crippen LogP contribution in [0.15, 0.2) is 21.6 Å². The first-order chi connectivity index (χ1) is 8.74. The minimum atomic E-state index is -4.28. The first-order valence-electron chi connectivity index (χ1n) is 5.54. The van der Waals surface area contributed by atoms with Crippen LogP contribution in [0.4, 0.5) is 13.2 Å². The van der Waals surface area contributed by atoms with Crippen molar-refractivity contribution >= 4 is 10.0 Å². The minimum Gasteiger partial charge on any atom is -0.447 e. The van der Waals surface area contributed by atoms with Gasteiger partial charge in [0.15, 0.2) is 0 Å². The summed E-state index contributed by atoms with van der Waals surface area (Å²) in [5, 5.41) is 2.48. The van der Waals surface area contributed by atoms with E-state index in [-0.39, 0.29) is 18.1 Å². The molecule has 0 atom stereocenters. The Balaban J connectivity index is 2.51. The summed E-state index contributed by atoms with van der Waals surface area (Å²) in [5.74, 6) is 0.429. The van der Waals surface area contributed by atoms with Gasteiger partial charge in [-0.05, 0) is 25.6 Å². The summed E-state index contributed by atoms with van der Waals surface area (Å²) in [7, 11) is -2.21. The van der Waals surface area contributed by atoms with Gasteiger partial charge in [0, 0.05) is 13.0 Å². The zero-order valence-corrected chi connectivity index (χ0v) is 11.1. The summed E-state index contributed by atoms with van der Waals surface area (Å²) in [5.41, 5.74) is 0. The maximum absolute atomic E-state index is 11.9. The van der Waals surface area contributed by atoms with E-state index in [1.54, 1.807) is 7.05 Å². The van der Waals surface area contributed by atoms with Gasteiger partial charge in [-0.3, -0.25) is 0 Å². The highest BCUT2D eigenvalue weighted by molar-refractivity contribution is 7.89. The Kier molecular flexibility index (Phi) is 5.39. The lowest BCUT2D eigenvalue weighted by Gasteiger charge is -2.06. The van der Waals surface area contributed by atoms with Crippen LogP contribution in [0.1, 0.15) is 18.6 Å². The average molecular weight is 300 g/mol. The number of sulfonamides is 1. The van der Waals surface area contributed by atoms with Gasteiger partial charge >= 0.3 is 6.18 Å². The molecule has 0 aromatic carbocycles. The average Bonchev–Trinajstić information content (AvgIpc) is 2.73. The monoisotopic (exact) mass is 300 g/mol. The molecule has 0 amide bonds. The maximum Gasteiger partial charge on any atom is 0.389 e. The van der Waals surface area contributed by atoms with Crippen LogP contribution in [0.25, 0.3) is 0 Å². The second-order valence-electron chi connectivity index (χ2n) is 3.87. The lowest BCUT2D eigenvalue weighted by Crippen LogP contribution is -2.25. The van der Waals surface area contributed by atoms with Crippen LogP contribution in [-0.4, -0.2) is 28.2 Å². The van der Waals surface area contributed by atoms with E-state index in [4.69, 9.17) is 4.42 Å². The molecule has 19 heavy (non-hydrogen) atoms. The lowest BCUT2D eigenvalue weighted by atomic mass is 10.3. The molecule has 0 aliphatic rings. The fourth-order valence-electron chi connectivity index (χ4n) is 1.34. The van der Waals surface area contributed by atoms with E-state index >= 15 is 0 Å². The molecule has 1 heterocycles. The summed E-state index contributed by atoms with van der Waals surface area (Å²) in [6.45, 7) is 0.0769. The number of rotatable bonds is 7. The van der Waals surface area contributed by atoms with E-state index in [1.807, 2.05) is 0 Å². The van der Waals surface area contributed by atoms with Crippen LogP contribution >= 0.6 is 0 Å². The van der Waals surface area contributed by atoms with Gasteiger partial charge in [-0.25, -0.2) is 13.1 Å². The molecule has 1 aromatic heterocycles. The molecule has 2 N–H and O–H groups in total. The summed E-state index contributed by atoms with van der Waals surface area (Å²) in [6, 6.07) is 2.75. The normalized spacial score (nSPS) is 12.8. The first-order valence-corrected chi connectivity index (χ1v) is 7.02. The van der Waals surface area contributed by atoms with Crippen LogP contribution in [0.2, 0.25) is 0 Å². The Bertz CT molecular complexity index is 496. The summed E-state index contributed by atoms with van der Waals surface area (Å²) < 4.78 is 66.1. The molecular formula is C10H15F3N2O3S. The van der Waals surface area contributed by atoms with Gasteiger partial charge < -0.3 is 9.73 Å². The van der Waals surface area contributed by atoms with Gasteiger partial charge in [-0.15, -0.1) is 0 Å². The Morgan fingerprint density at radius 1 is 1.32 bits per heavy atom. The van der Waals surface area contributed by atoms with Gasteiger partial charge in [0.25, 0.3) is 10.0 Å². The third-order valence-corrected chi connectivity index (χ3v) is 3.52. The van der Waals surface area contributed by atoms with Crippen molar-refractivity contribution in [2.24, 2.45) is 0 Å². The van der Waals surface area contributed by atoms with Crippen LogP contribution in [-0.2, 0) is 16.6 Å². The van der Waals surface area contributed by atoms with Crippen molar-refractivity contribution in [3.8, 4) is 0 Å². The van der Waals surface area contributed by atoms with Gasteiger partial charge in [0.2, 0.25) is 5.09 Å². The highest BCUT2D eigenvalue weighted by Crippen LogP contribution is 2.21. The van der Waals surface area contributed by atoms with Crippen molar-refractivity contribution in [1.82, 2.24) is 10.0 Å². The molecule has 1 aromatic rings. The number of hydrogen-bond donors (Lipinski definition) is 2. The van der Waals surface area contributed by atoms with E-state index in [1.165, 1.54) is 12.1 Å². The SMILES string of the molecule is CNCc1ccc(S(=O)(=O)NCCCC(F)(F)F)o1. The standard InChI is InChI=1S/C10H15F3N2O3S/c1-14-7-8-3-4-9(18-8)19(16,17)15-6-2-5-10(11,12)13/h3-4,14-15H,2,5-7H2,1H3. The molecule has 9 heteroatoms. The molecule has 0 spiro atoms. The molecular weight excluding hydrogens is 285 g/mol. The molecule has 0 aliphatic heterocycles. The number of halogens is 3.